The maximum atomic E-state index is 6.39. The fourth-order valence-corrected chi connectivity index (χ4v) is 2.67. The lowest BCUT2D eigenvalue weighted by molar-refractivity contribution is 0.414. The molecule has 0 aliphatic heterocycles. The molecule has 0 aliphatic rings. The summed E-state index contributed by atoms with van der Waals surface area (Å²) in [6, 6.07) is 14.6. The number of aryl methyl sites for hydroxylation is 1. The molecule has 2 N–H and O–H groups in total. The molecular formula is C17H17ClN4O. The molecule has 0 aliphatic carbocycles. The number of hydrogen-bond acceptors (Lipinski definition) is 4. The van der Waals surface area contributed by atoms with E-state index in [2.05, 4.69) is 10.1 Å². The van der Waals surface area contributed by atoms with Crippen molar-refractivity contribution in [1.82, 2.24) is 14.8 Å². The second-order valence-corrected chi connectivity index (χ2v) is 5.53. The largest absolute Gasteiger partial charge is 0.497 e. The number of nitrogens with zero attached hydrogens (tertiary/aromatic N) is 3. The summed E-state index contributed by atoms with van der Waals surface area (Å²) >= 11 is 6.26. The van der Waals surface area contributed by atoms with Crippen molar-refractivity contribution in [3.63, 3.8) is 0 Å². The van der Waals surface area contributed by atoms with Gasteiger partial charge in [0.15, 0.2) is 5.82 Å². The number of hydrogen-bond donors (Lipinski definition) is 1. The average Bonchev–Trinajstić information content (AvgIpc) is 2.96. The summed E-state index contributed by atoms with van der Waals surface area (Å²) < 4.78 is 6.92. The highest BCUT2D eigenvalue weighted by molar-refractivity contribution is 6.31. The van der Waals surface area contributed by atoms with Gasteiger partial charge < -0.3 is 10.5 Å². The van der Waals surface area contributed by atoms with Gasteiger partial charge in [-0.1, -0.05) is 29.8 Å². The van der Waals surface area contributed by atoms with E-state index in [-0.39, 0.29) is 0 Å². The van der Waals surface area contributed by atoms with Gasteiger partial charge in [0.2, 0.25) is 0 Å². The van der Waals surface area contributed by atoms with E-state index < -0.39 is 6.04 Å². The van der Waals surface area contributed by atoms with Gasteiger partial charge in [-0.2, -0.15) is 5.10 Å². The third kappa shape index (κ3) is 3.06. The van der Waals surface area contributed by atoms with E-state index in [4.69, 9.17) is 22.1 Å². The van der Waals surface area contributed by atoms with Gasteiger partial charge in [-0.25, -0.2) is 9.67 Å². The molecule has 0 radical (unpaired) electrons. The minimum absolute atomic E-state index is 0.466. The smallest absolute Gasteiger partial charge is 0.154 e. The molecule has 0 spiro atoms. The predicted molar refractivity (Wildman–Crippen MR) is 90.1 cm³/mol. The van der Waals surface area contributed by atoms with E-state index in [1.54, 1.807) is 11.8 Å². The Morgan fingerprint density at radius 1 is 1.13 bits per heavy atom. The third-order valence-electron chi connectivity index (χ3n) is 3.57. The third-order valence-corrected chi connectivity index (χ3v) is 3.92. The van der Waals surface area contributed by atoms with Gasteiger partial charge in [0.25, 0.3) is 0 Å². The molecular weight excluding hydrogens is 312 g/mol. The maximum Gasteiger partial charge on any atom is 0.154 e. The second-order valence-electron chi connectivity index (χ2n) is 5.13. The number of nitrogens with two attached hydrogens (primary N) is 1. The molecule has 6 heteroatoms. The van der Waals surface area contributed by atoms with Crippen LogP contribution in [0.15, 0.2) is 48.5 Å². The molecule has 1 heterocycles. The van der Waals surface area contributed by atoms with Crippen LogP contribution in [-0.4, -0.2) is 21.9 Å². The summed E-state index contributed by atoms with van der Waals surface area (Å²) in [5.41, 5.74) is 8.07. The highest BCUT2D eigenvalue weighted by Crippen LogP contribution is 2.27. The molecule has 118 valence electrons. The van der Waals surface area contributed by atoms with E-state index in [0.717, 1.165) is 17.0 Å². The van der Waals surface area contributed by atoms with Crippen LogP contribution < -0.4 is 10.5 Å². The van der Waals surface area contributed by atoms with Gasteiger partial charge in [0, 0.05) is 5.02 Å². The lowest BCUT2D eigenvalue weighted by Gasteiger charge is -2.14. The Bertz CT molecular complexity index is 814. The molecule has 2 aromatic carbocycles. The summed E-state index contributed by atoms with van der Waals surface area (Å²) in [7, 11) is 1.63. The lowest BCUT2D eigenvalue weighted by atomic mass is 10.1. The van der Waals surface area contributed by atoms with E-state index in [0.29, 0.717) is 16.7 Å². The minimum Gasteiger partial charge on any atom is -0.497 e. The van der Waals surface area contributed by atoms with Crippen molar-refractivity contribution in [3.05, 3.63) is 70.8 Å². The molecule has 3 rings (SSSR count). The van der Waals surface area contributed by atoms with Crippen LogP contribution in [-0.2, 0) is 0 Å². The Labute approximate surface area is 139 Å². The predicted octanol–water partition coefficient (Wildman–Crippen LogP) is 3.29. The van der Waals surface area contributed by atoms with Crippen LogP contribution in [0.4, 0.5) is 0 Å². The zero-order valence-corrected chi connectivity index (χ0v) is 13.7. The van der Waals surface area contributed by atoms with Crippen LogP contribution >= 0.6 is 11.6 Å². The van der Waals surface area contributed by atoms with Gasteiger partial charge in [0.1, 0.15) is 11.6 Å². The van der Waals surface area contributed by atoms with Crippen molar-refractivity contribution in [3.8, 4) is 11.4 Å². The molecule has 0 unspecified atom stereocenters. The summed E-state index contributed by atoms with van der Waals surface area (Å²) in [6.07, 6.45) is 0. The van der Waals surface area contributed by atoms with Crippen molar-refractivity contribution in [2.24, 2.45) is 5.73 Å². The molecule has 1 aromatic heterocycles. The number of methoxy groups -OCH3 is 1. The minimum atomic E-state index is -0.466. The Morgan fingerprint density at radius 3 is 2.48 bits per heavy atom. The second kappa shape index (κ2) is 6.40. The van der Waals surface area contributed by atoms with Crippen LogP contribution in [0.3, 0.4) is 0 Å². The summed E-state index contributed by atoms with van der Waals surface area (Å²) in [5, 5.41) is 5.07. The van der Waals surface area contributed by atoms with Gasteiger partial charge in [0.05, 0.1) is 18.8 Å². The molecule has 0 bridgehead atoms. The number of benzene rings is 2. The Kier molecular flexibility index (Phi) is 4.32. The van der Waals surface area contributed by atoms with Crippen LogP contribution in [0.5, 0.6) is 5.75 Å². The van der Waals surface area contributed by atoms with Gasteiger partial charge in [-0.15, -0.1) is 0 Å². The Balaban J connectivity index is 2.05. The highest BCUT2D eigenvalue weighted by atomic mass is 35.5. The fourth-order valence-electron chi connectivity index (χ4n) is 2.41. The van der Waals surface area contributed by atoms with Crippen molar-refractivity contribution in [1.29, 1.82) is 0 Å². The van der Waals surface area contributed by atoms with Crippen LogP contribution in [0.1, 0.15) is 23.3 Å². The molecule has 5 nitrogen and oxygen atoms in total. The number of rotatable bonds is 4. The average molecular weight is 329 g/mol. The topological polar surface area (TPSA) is 66.0 Å². The summed E-state index contributed by atoms with van der Waals surface area (Å²) in [6.45, 7) is 1.84. The van der Waals surface area contributed by atoms with E-state index >= 15 is 0 Å². The van der Waals surface area contributed by atoms with Gasteiger partial charge in [-0.3, -0.25) is 0 Å². The quantitative estimate of drug-likeness (QED) is 0.798. The monoisotopic (exact) mass is 328 g/mol. The Hall–Kier alpha value is -2.37. The number of ether oxygens (including phenoxy) is 1. The first-order chi connectivity index (χ1) is 11.1. The van der Waals surface area contributed by atoms with E-state index in [1.807, 2.05) is 55.5 Å². The van der Waals surface area contributed by atoms with E-state index in [1.165, 1.54) is 0 Å². The summed E-state index contributed by atoms with van der Waals surface area (Å²) in [5.74, 6) is 2.07. The first-order valence-electron chi connectivity index (χ1n) is 7.18. The normalized spacial score (nSPS) is 12.2. The van der Waals surface area contributed by atoms with Crippen LogP contribution in [0.2, 0.25) is 5.02 Å². The first-order valence-corrected chi connectivity index (χ1v) is 7.56. The van der Waals surface area contributed by atoms with Crippen LogP contribution in [0, 0.1) is 6.92 Å². The van der Waals surface area contributed by atoms with Gasteiger partial charge in [-0.05, 0) is 42.8 Å². The standard InChI is InChI=1S/C17H17ClN4O/c1-11-20-17(16(19)14-5-3-4-6-15(14)18)22(21-11)12-7-9-13(23-2)10-8-12/h3-10,16H,19H2,1-2H3/t16-/m0/s1. The van der Waals surface area contributed by atoms with Gasteiger partial charge >= 0.3 is 0 Å². The molecule has 1 atom stereocenters. The lowest BCUT2D eigenvalue weighted by Crippen LogP contribution is -2.18. The van der Waals surface area contributed by atoms with Crippen molar-refractivity contribution in [2.45, 2.75) is 13.0 Å². The van der Waals surface area contributed by atoms with Crippen molar-refractivity contribution in [2.75, 3.05) is 7.11 Å². The van der Waals surface area contributed by atoms with E-state index in [9.17, 15) is 0 Å². The SMILES string of the molecule is COc1ccc(-n2nc(C)nc2[C@@H](N)c2ccccc2Cl)cc1. The molecule has 3 aromatic rings. The maximum absolute atomic E-state index is 6.39. The molecule has 0 amide bonds. The zero-order valence-electron chi connectivity index (χ0n) is 12.9. The fraction of sp³-hybridized carbons (Fsp3) is 0.176. The number of halogens is 1. The molecule has 0 saturated heterocycles. The Morgan fingerprint density at radius 2 is 1.83 bits per heavy atom. The number of aromatic nitrogens is 3. The molecule has 23 heavy (non-hydrogen) atoms. The van der Waals surface area contributed by atoms with Crippen molar-refractivity contribution < 1.29 is 4.74 Å². The zero-order chi connectivity index (χ0) is 16.4. The molecule has 0 fully saturated rings. The van der Waals surface area contributed by atoms with Crippen molar-refractivity contribution >= 4 is 11.6 Å². The highest BCUT2D eigenvalue weighted by Gasteiger charge is 2.20. The first kappa shape index (κ1) is 15.5. The molecule has 0 saturated carbocycles. The van der Waals surface area contributed by atoms with Crippen LogP contribution in [0.25, 0.3) is 5.69 Å². The summed E-state index contributed by atoms with van der Waals surface area (Å²) in [4.78, 5) is 4.48.